The van der Waals surface area contributed by atoms with E-state index in [1.165, 1.54) is 16.5 Å². The number of fused-ring (bicyclic) bond motifs is 1. The van der Waals surface area contributed by atoms with Crippen molar-refractivity contribution in [2.75, 3.05) is 4.90 Å². The number of benzene rings is 4. The summed E-state index contributed by atoms with van der Waals surface area (Å²) in [7, 11) is 2.01. The first-order valence-corrected chi connectivity index (χ1v) is 13.4. The van der Waals surface area contributed by atoms with Gasteiger partial charge >= 0.3 is 0 Å². The van der Waals surface area contributed by atoms with E-state index in [4.69, 9.17) is 15.1 Å². The third-order valence-corrected chi connectivity index (χ3v) is 7.73. The molecule has 0 saturated carbocycles. The van der Waals surface area contributed by atoms with Crippen LogP contribution in [0.2, 0.25) is 0 Å². The summed E-state index contributed by atoms with van der Waals surface area (Å²) in [6.07, 6.45) is 0. The molecule has 180 valence electrons. The number of thioether (sulfide) groups is 1. The molecule has 0 amide bonds. The van der Waals surface area contributed by atoms with Crippen molar-refractivity contribution in [2.24, 2.45) is 27.2 Å². The molecule has 37 heavy (non-hydrogen) atoms. The van der Waals surface area contributed by atoms with Gasteiger partial charge in [-0.3, -0.25) is 4.90 Å². The van der Waals surface area contributed by atoms with Crippen LogP contribution in [-0.2, 0) is 7.05 Å². The fourth-order valence-corrected chi connectivity index (χ4v) is 5.80. The van der Waals surface area contributed by atoms with E-state index in [0.717, 1.165) is 32.4 Å². The summed E-state index contributed by atoms with van der Waals surface area (Å²) in [5.41, 5.74) is 3.77. The Morgan fingerprint density at radius 3 is 1.89 bits per heavy atom. The number of hydrogen-bond donors (Lipinski definition) is 0. The average molecular weight is 519 g/mol. The van der Waals surface area contributed by atoms with Gasteiger partial charge in [0.05, 0.1) is 21.6 Å². The summed E-state index contributed by atoms with van der Waals surface area (Å²) >= 11 is 3.08. The van der Waals surface area contributed by atoms with Gasteiger partial charge in [0.25, 0.3) is 0 Å². The zero-order chi connectivity index (χ0) is 25.0. The van der Waals surface area contributed by atoms with Gasteiger partial charge in [0, 0.05) is 12.7 Å². The minimum absolute atomic E-state index is 0.688. The molecule has 8 heteroatoms. The molecule has 6 nitrogen and oxygen atoms in total. The first-order chi connectivity index (χ1) is 18.3. The highest BCUT2D eigenvalue weighted by molar-refractivity contribution is 8.29. The molecule has 0 spiro atoms. The molecule has 1 saturated heterocycles. The summed E-state index contributed by atoms with van der Waals surface area (Å²) in [5, 5.41) is 10.9. The van der Waals surface area contributed by atoms with E-state index in [1.807, 2.05) is 115 Å². The Morgan fingerprint density at radius 2 is 1.22 bits per heavy atom. The molecule has 1 aromatic heterocycles. The SMILES string of the molecule is Cn1c(=NN=C2SC(=Nc3ccccc3)C(=Nc3ccccc3)N2c2ccccc2)sc2ccccc21. The van der Waals surface area contributed by atoms with Crippen LogP contribution in [0, 0.1) is 0 Å². The lowest BCUT2D eigenvalue weighted by Crippen LogP contribution is -2.30. The Kier molecular flexibility index (Phi) is 6.49. The Balaban J connectivity index is 1.53. The lowest BCUT2D eigenvalue weighted by Gasteiger charge is -2.17. The maximum Gasteiger partial charge on any atom is 0.211 e. The van der Waals surface area contributed by atoms with Crippen molar-refractivity contribution in [1.82, 2.24) is 4.57 Å². The molecule has 4 aromatic carbocycles. The van der Waals surface area contributed by atoms with E-state index in [9.17, 15) is 0 Å². The van der Waals surface area contributed by atoms with Gasteiger partial charge < -0.3 is 4.57 Å². The zero-order valence-electron chi connectivity index (χ0n) is 20.0. The number of para-hydroxylation sites is 4. The molecular weight excluding hydrogens is 496 g/mol. The van der Waals surface area contributed by atoms with Crippen molar-refractivity contribution in [3.63, 3.8) is 0 Å². The maximum atomic E-state index is 5.02. The van der Waals surface area contributed by atoms with Crippen molar-refractivity contribution in [3.05, 3.63) is 120 Å². The highest BCUT2D eigenvalue weighted by Gasteiger charge is 2.35. The number of aryl methyl sites for hydroxylation is 1. The van der Waals surface area contributed by atoms with Crippen LogP contribution in [0.5, 0.6) is 0 Å². The average Bonchev–Trinajstić information content (AvgIpc) is 3.45. The molecule has 0 aliphatic carbocycles. The van der Waals surface area contributed by atoms with Gasteiger partial charge in [0.15, 0.2) is 5.84 Å². The molecule has 2 heterocycles. The van der Waals surface area contributed by atoms with Gasteiger partial charge in [-0.05, 0) is 60.3 Å². The number of nitrogens with zero attached hydrogens (tertiary/aromatic N) is 6. The molecule has 5 aromatic rings. The quantitative estimate of drug-likeness (QED) is 0.238. The van der Waals surface area contributed by atoms with E-state index in [2.05, 4.69) is 21.8 Å². The van der Waals surface area contributed by atoms with Crippen LogP contribution >= 0.6 is 23.1 Å². The number of thiazole rings is 1. The van der Waals surface area contributed by atoms with Crippen molar-refractivity contribution >= 4 is 66.4 Å². The topological polar surface area (TPSA) is 57.6 Å². The second-order valence-corrected chi connectivity index (χ2v) is 10.2. The second-order valence-electron chi connectivity index (χ2n) is 8.19. The van der Waals surface area contributed by atoms with Crippen LogP contribution in [0.25, 0.3) is 10.2 Å². The lowest BCUT2D eigenvalue weighted by atomic mass is 10.3. The number of hydrogen-bond acceptors (Lipinski definition) is 6. The summed E-state index contributed by atoms with van der Waals surface area (Å²) < 4.78 is 3.23. The minimum Gasteiger partial charge on any atom is -0.318 e. The van der Waals surface area contributed by atoms with Crippen molar-refractivity contribution in [3.8, 4) is 0 Å². The van der Waals surface area contributed by atoms with Crippen LogP contribution in [-0.4, -0.2) is 20.6 Å². The normalized spacial score (nSPS) is 17.5. The molecule has 6 rings (SSSR count). The Bertz CT molecular complexity index is 1700. The highest BCUT2D eigenvalue weighted by Crippen LogP contribution is 2.33. The number of aliphatic imine (C=N–C) groups is 2. The fourth-order valence-electron chi connectivity index (χ4n) is 3.92. The third-order valence-electron chi connectivity index (χ3n) is 5.71. The van der Waals surface area contributed by atoms with Crippen molar-refractivity contribution in [2.45, 2.75) is 0 Å². The van der Waals surface area contributed by atoms with E-state index < -0.39 is 0 Å². The van der Waals surface area contributed by atoms with Gasteiger partial charge in [-0.1, -0.05) is 78.1 Å². The second kappa shape index (κ2) is 10.4. The number of aromatic nitrogens is 1. The first kappa shape index (κ1) is 23.1. The van der Waals surface area contributed by atoms with E-state index >= 15 is 0 Å². The molecule has 0 radical (unpaired) electrons. The summed E-state index contributed by atoms with van der Waals surface area (Å²) in [4.78, 5) is 12.8. The minimum atomic E-state index is 0.688. The predicted octanol–water partition coefficient (Wildman–Crippen LogP) is 7.13. The molecular formula is C29H22N6S2. The van der Waals surface area contributed by atoms with Crippen molar-refractivity contribution < 1.29 is 0 Å². The Hall–Kier alpha value is -4.27. The van der Waals surface area contributed by atoms with Crippen LogP contribution in [0.1, 0.15) is 0 Å². The molecule has 1 fully saturated rings. The van der Waals surface area contributed by atoms with E-state index in [1.54, 1.807) is 11.3 Å². The van der Waals surface area contributed by atoms with Crippen LogP contribution in [0.15, 0.2) is 135 Å². The van der Waals surface area contributed by atoms with Gasteiger partial charge in [-0.2, -0.15) is 0 Å². The molecule has 0 unspecified atom stereocenters. The van der Waals surface area contributed by atoms with E-state index in [-0.39, 0.29) is 0 Å². The standard InChI is InChI=1S/C29H22N6S2/c1-34-24-19-11-12-20-25(24)36-28(34)32-33-29-35(23-17-9-4-10-18-23)26(30-21-13-5-2-6-14-21)27(37-29)31-22-15-7-3-8-16-22/h2-20H,1H3. The van der Waals surface area contributed by atoms with Crippen LogP contribution < -0.4 is 9.70 Å². The molecule has 0 atom stereocenters. The maximum absolute atomic E-state index is 5.02. The van der Waals surface area contributed by atoms with Crippen molar-refractivity contribution in [1.29, 1.82) is 0 Å². The van der Waals surface area contributed by atoms with Crippen LogP contribution in [0.3, 0.4) is 0 Å². The third kappa shape index (κ3) is 4.89. The molecule has 0 N–H and O–H groups in total. The first-order valence-electron chi connectivity index (χ1n) is 11.7. The van der Waals surface area contributed by atoms with Gasteiger partial charge in [-0.15, -0.1) is 10.2 Å². The van der Waals surface area contributed by atoms with Gasteiger partial charge in [-0.25, -0.2) is 9.98 Å². The monoisotopic (exact) mass is 518 g/mol. The Labute approximate surface area is 222 Å². The van der Waals surface area contributed by atoms with Gasteiger partial charge in [0.2, 0.25) is 9.97 Å². The number of anilines is 1. The summed E-state index contributed by atoms with van der Waals surface area (Å²) in [5.74, 6) is 0.709. The number of rotatable bonds is 4. The lowest BCUT2D eigenvalue weighted by molar-refractivity contribution is 0.888. The molecule has 1 aliphatic rings. The number of amidine groups is 2. The van der Waals surface area contributed by atoms with Gasteiger partial charge in [0.1, 0.15) is 5.04 Å². The van der Waals surface area contributed by atoms with E-state index in [0.29, 0.717) is 11.0 Å². The predicted molar refractivity (Wildman–Crippen MR) is 157 cm³/mol. The fraction of sp³-hybridized carbons (Fsp3) is 0.0345. The molecule has 0 bridgehead atoms. The summed E-state index contributed by atoms with van der Waals surface area (Å²) in [6, 6.07) is 38.2. The largest absolute Gasteiger partial charge is 0.318 e. The van der Waals surface area contributed by atoms with Crippen LogP contribution in [0.4, 0.5) is 17.1 Å². The summed E-state index contributed by atoms with van der Waals surface area (Å²) in [6.45, 7) is 0. The smallest absolute Gasteiger partial charge is 0.211 e. The highest BCUT2D eigenvalue weighted by atomic mass is 32.2. The Morgan fingerprint density at radius 1 is 0.622 bits per heavy atom. The molecule has 1 aliphatic heterocycles. The zero-order valence-corrected chi connectivity index (χ0v) is 21.6.